The maximum absolute atomic E-state index is 13.4. The van der Waals surface area contributed by atoms with Crippen LogP contribution in [0.5, 0.6) is 0 Å². The van der Waals surface area contributed by atoms with Crippen molar-refractivity contribution in [2.45, 2.75) is 56.9 Å². The molecular weight excluding hydrogens is 459 g/mol. The third kappa shape index (κ3) is 6.05. The summed E-state index contributed by atoms with van der Waals surface area (Å²) in [4.78, 5) is 31.0. The average molecular weight is 491 g/mol. The molecule has 1 heterocycles. The summed E-state index contributed by atoms with van der Waals surface area (Å²) in [7, 11) is 0. The van der Waals surface area contributed by atoms with Crippen molar-refractivity contribution >= 4 is 41.6 Å². The Morgan fingerprint density at radius 2 is 1.91 bits per heavy atom. The number of nitrogens with two attached hydrogens (primary N) is 1. The van der Waals surface area contributed by atoms with Crippen molar-refractivity contribution in [2.24, 2.45) is 11.7 Å². The first-order valence-electron chi connectivity index (χ1n) is 11.4. The molecule has 0 saturated heterocycles. The normalized spacial score (nSPS) is 22.2. The lowest BCUT2D eigenvalue weighted by Crippen LogP contribution is -2.48. The van der Waals surface area contributed by atoms with Gasteiger partial charge in [0.25, 0.3) is 5.91 Å². The van der Waals surface area contributed by atoms with Gasteiger partial charge in [0.1, 0.15) is 5.82 Å². The molecule has 0 unspecified atom stereocenters. The molecule has 2 fully saturated rings. The quantitative estimate of drug-likeness (QED) is 0.582. The Hall–Kier alpha value is -2.15. The number of halogens is 2. The summed E-state index contributed by atoms with van der Waals surface area (Å²) in [6.07, 6.45) is 7.63. The van der Waals surface area contributed by atoms with Crippen LogP contribution in [0.3, 0.4) is 0 Å². The summed E-state index contributed by atoms with van der Waals surface area (Å²) in [5.74, 6) is 0.887. The van der Waals surface area contributed by atoms with Gasteiger partial charge in [0.15, 0.2) is 0 Å². The molecular formula is C25H32Cl2N4O2. The monoisotopic (exact) mass is 490 g/mol. The van der Waals surface area contributed by atoms with E-state index >= 15 is 0 Å². The van der Waals surface area contributed by atoms with Crippen LogP contribution in [0.4, 0.5) is 5.82 Å². The van der Waals surface area contributed by atoms with Crippen molar-refractivity contribution in [3.63, 3.8) is 0 Å². The number of nitrogens with zero attached hydrogens (tertiary/aromatic N) is 2. The van der Waals surface area contributed by atoms with Crippen LogP contribution in [0, 0.1) is 5.92 Å². The first kappa shape index (κ1) is 25.5. The highest BCUT2D eigenvalue weighted by Crippen LogP contribution is 2.42. The smallest absolute Gasteiger partial charge is 0.255 e. The second-order valence-electron chi connectivity index (χ2n) is 9.24. The van der Waals surface area contributed by atoms with Crippen LogP contribution in [0.15, 0.2) is 42.6 Å². The van der Waals surface area contributed by atoms with Crippen molar-refractivity contribution in [3.05, 3.63) is 58.7 Å². The van der Waals surface area contributed by atoms with E-state index < -0.39 is 0 Å². The molecule has 2 amide bonds. The Kier molecular flexibility index (Phi) is 8.38. The Labute approximate surface area is 206 Å². The van der Waals surface area contributed by atoms with Crippen molar-refractivity contribution in [1.82, 2.24) is 9.88 Å². The molecule has 2 aromatic rings. The van der Waals surface area contributed by atoms with Gasteiger partial charge in [-0.05, 0) is 74.3 Å². The number of hydrogen-bond donors (Lipinski definition) is 2. The second-order valence-corrected chi connectivity index (χ2v) is 9.68. The number of carbonyl (C=O) groups is 2. The van der Waals surface area contributed by atoms with E-state index in [1.54, 1.807) is 18.3 Å². The summed E-state index contributed by atoms with van der Waals surface area (Å²) in [5.41, 5.74) is 7.94. The predicted octanol–water partition coefficient (Wildman–Crippen LogP) is 4.81. The van der Waals surface area contributed by atoms with Crippen molar-refractivity contribution < 1.29 is 9.59 Å². The van der Waals surface area contributed by atoms with Crippen LogP contribution < -0.4 is 11.1 Å². The van der Waals surface area contributed by atoms with E-state index in [9.17, 15) is 9.59 Å². The van der Waals surface area contributed by atoms with Crippen LogP contribution in [0.2, 0.25) is 5.02 Å². The highest BCUT2D eigenvalue weighted by molar-refractivity contribution is 6.30. The number of anilines is 1. The largest absolute Gasteiger partial charge is 0.335 e. The predicted molar refractivity (Wildman–Crippen MR) is 134 cm³/mol. The van der Waals surface area contributed by atoms with Gasteiger partial charge in [-0.15, -0.1) is 12.4 Å². The molecule has 1 aromatic carbocycles. The Bertz CT molecular complexity index is 971. The zero-order chi connectivity index (χ0) is 22.7. The molecule has 1 aromatic heterocycles. The minimum absolute atomic E-state index is 0. The van der Waals surface area contributed by atoms with Crippen LogP contribution in [-0.4, -0.2) is 40.8 Å². The number of amides is 2. The number of aromatic nitrogens is 1. The molecule has 0 atom stereocenters. The number of rotatable bonds is 7. The van der Waals surface area contributed by atoms with Gasteiger partial charge in [-0.1, -0.05) is 23.7 Å². The van der Waals surface area contributed by atoms with Gasteiger partial charge in [0, 0.05) is 42.7 Å². The van der Waals surface area contributed by atoms with Gasteiger partial charge in [-0.2, -0.15) is 0 Å². The Morgan fingerprint density at radius 3 is 2.45 bits per heavy atom. The number of nitrogens with one attached hydrogen (secondary N) is 1. The maximum atomic E-state index is 13.4. The molecule has 2 aliphatic carbocycles. The third-order valence-corrected chi connectivity index (χ3v) is 7.14. The lowest BCUT2D eigenvalue weighted by molar-refractivity contribution is -0.114. The highest BCUT2D eigenvalue weighted by Gasteiger charge is 2.40. The Balaban J connectivity index is 0.00000306. The zero-order valence-corrected chi connectivity index (χ0v) is 20.5. The van der Waals surface area contributed by atoms with E-state index in [4.69, 9.17) is 17.3 Å². The van der Waals surface area contributed by atoms with Gasteiger partial charge in [0.2, 0.25) is 5.91 Å². The van der Waals surface area contributed by atoms with Gasteiger partial charge in [-0.25, -0.2) is 4.98 Å². The fourth-order valence-corrected chi connectivity index (χ4v) is 5.00. The van der Waals surface area contributed by atoms with E-state index in [0.29, 0.717) is 23.8 Å². The van der Waals surface area contributed by atoms with Crippen LogP contribution in [-0.2, 0) is 10.2 Å². The minimum Gasteiger partial charge on any atom is -0.335 e. The van der Waals surface area contributed by atoms with Crippen LogP contribution in [0.1, 0.15) is 61.4 Å². The topological polar surface area (TPSA) is 88.3 Å². The standard InChI is InChI=1S/C25H31ClN4O2.ClH/c1-17(31)29-23-8-7-19(14-28-23)24(32)30(15-18-5-6-18)22-9-11-25(16-27,12-10-22)20-3-2-4-21(26)13-20;/h2-4,7-8,13-14,18,22H,5-6,9-12,15-16,27H2,1H3,(H,28,29,31);1H. The molecule has 6 nitrogen and oxygen atoms in total. The molecule has 0 radical (unpaired) electrons. The Morgan fingerprint density at radius 1 is 1.18 bits per heavy atom. The maximum Gasteiger partial charge on any atom is 0.255 e. The zero-order valence-electron chi connectivity index (χ0n) is 18.9. The van der Waals surface area contributed by atoms with Gasteiger partial charge >= 0.3 is 0 Å². The summed E-state index contributed by atoms with van der Waals surface area (Å²) in [5, 5.41) is 3.38. The molecule has 2 aliphatic rings. The number of carbonyl (C=O) groups excluding carboxylic acids is 2. The fraction of sp³-hybridized carbons (Fsp3) is 0.480. The van der Waals surface area contributed by atoms with Crippen molar-refractivity contribution in [2.75, 3.05) is 18.4 Å². The van der Waals surface area contributed by atoms with E-state index in [0.717, 1.165) is 37.3 Å². The summed E-state index contributed by atoms with van der Waals surface area (Å²) in [6.45, 7) is 2.81. The number of benzene rings is 1. The summed E-state index contributed by atoms with van der Waals surface area (Å²) in [6, 6.07) is 11.7. The van der Waals surface area contributed by atoms with E-state index in [2.05, 4.69) is 21.3 Å². The number of pyridine rings is 1. The molecule has 33 heavy (non-hydrogen) atoms. The SMILES string of the molecule is CC(=O)Nc1ccc(C(=O)N(CC2CC2)C2CCC(CN)(c3cccc(Cl)c3)CC2)cn1.Cl. The van der Waals surface area contributed by atoms with Crippen molar-refractivity contribution in [3.8, 4) is 0 Å². The van der Waals surface area contributed by atoms with Gasteiger partial charge < -0.3 is 16.0 Å². The lowest BCUT2D eigenvalue weighted by Gasteiger charge is -2.43. The van der Waals surface area contributed by atoms with Crippen molar-refractivity contribution in [1.29, 1.82) is 0 Å². The van der Waals surface area contributed by atoms with Gasteiger partial charge in [0.05, 0.1) is 5.56 Å². The molecule has 4 rings (SSSR count). The summed E-state index contributed by atoms with van der Waals surface area (Å²) < 4.78 is 0. The molecule has 8 heteroatoms. The minimum atomic E-state index is -0.183. The molecule has 178 valence electrons. The van der Waals surface area contributed by atoms with E-state index in [-0.39, 0.29) is 35.7 Å². The van der Waals surface area contributed by atoms with Crippen LogP contribution >= 0.6 is 24.0 Å². The lowest BCUT2D eigenvalue weighted by atomic mass is 9.68. The molecule has 2 saturated carbocycles. The van der Waals surface area contributed by atoms with Crippen LogP contribution in [0.25, 0.3) is 0 Å². The van der Waals surface area contributed by atoms with E-state index in [1.165, 1.54) is 25.3 Å². The molecule has 0 spiro atoms. The summed E-state index contributed by atoms with van der Waals surface area (Å²) >= 11 is 6.25. The first-order valence-corrected chi connectivity index (χ1v) is 11.8. The molecule has 0 bridgehead atoms. The second kappa shape index (κ2) is 10.9. The average Bonchev–Trinajstić information content (AvgIpc) is 3.62. The van der Waals surface area contributed by atoms with Gasteiger partial charge in [-0.3, -0.25) is 9.59 Å². The first-order chi connectivity index (χ1) is 15.4. The number of hydrogen-bond acceptors (Lipinski definition) is 4. The fourth-order valence-electron chi connectivity index (χ4n) is 4.81. The molecule has 3 N–H and O–H groups in total. The van der Waals surface area contributed by atoms with E-state index in [1.807, 2.05) is 18.2 Å². The highest BCUT2D eigenvalue weighted by atomic mass is 35.5. The third-order valence-electron chi connectivity index (χ3n) is 6.91. The molecule has 0 aliphatic heterocycles.